The zero-order chi connectivity index (χ0) is 23.6. The number of rotatable bonds is 5. The minimum absolute atomic E-state index is 0.00139. The first-order valence-corrected chi connectivity index (χ1v) is 12.1. The van der Waals surface area contributed by atoms with Crippen LogP contribution in [0.15, 0.2) is 24.4 Å². The lowest BCUT2D eigenvalue weighted by Gasteiger charge is -2.40. The average molecular weight is 514 g/mol. The molecule has 11 heteroatoms. The number of piperazine rings is 1. The van der Waals surface area contributed by atoms with Crippen LogP contribution in [0.2, 0.25) is 15.1 Å². The Morgan fingerprint density at radius 2 is 1.85 bits per heavy atom. The molecule has 1 atom stereocenters. The molecule has 0 aliphatic carbocycles. The normalized spacial score (nSPS) is 19.3. The fourth-order valence-corrected chi connectivity index (χ4v) is 4.84. The molecule has 2 aliphatic heterocycles. The van der Waals surface area contributed by atoms with Gasteiger partial charge in [-0.3, -0.25) is 4.79 Å². The van der Waals surface area contributed by atoms with Gasteiger partial charge in [0, 0.05) is 49.4 Å². The number of hydrogen-bond donors (Lipinski definition) is 2. The quantitative estimate of drug-likeness (QED) is 0.628. The number of benzene rings is 1. The smallest absolute Gasteiger partial charge is 0.242 e. The molecule has 178 valence electrons. The van der Waals surface area contributed by atoms with Crippen LogP contribution in [0.5, 0.6) is 0 Å². The van der Waals surface area contributed by atoms with Gasteiger partial charge < -0.3 is 25.6 Å². The van der Waals surface area contributed by atoms with Crippen LogP contribution in [0.1, 0.15) is 31.4 Å². The van der Waals surface area contributed by atoms with E-state index in [9.17, 15) is 4.79 Å². The van der Waals surface area contributed by atoms with E-state index in [-0.39, 0.29) is 11.9 Å². The van der Waals surface area contributed by atoms with E-state index in [2.05, 4.69) is 15.3 Å². The third-order valence-electron chi connectivity index (χ3n) is 6.17. The molecular weight excluding hydrogens is 487 g/mol. The topological polar surface area (TPSA) is 96.6 Å². The Morgan fingerprint density at radius 1 is 1.15 bits per heavy atom. The van der Waals surface area contributed by atoms with Crippen molar-refractivity contribution in [3.63, 3.8) is 0 Å². The van der Waals surface area contributed by atoms with Crippen LogP contribution in [0.3, 0.4) is 0 Å². The molecule has 0 spiro atoms. The summed E-state index contributed by atoms with van der Waals surface area (Å²) in [6.45, 7) is 5.35. The van der Waals surface area contributed by atoms with Crippen molar-refractivity contribution in [2.24, 2.45) is 5.73 Å². The highest BCUT2D eigenvalue weighted by Gasteiger charge is 2.39. The van der Waals surface area contributed by atoms with Crippen molar-refractivity contribution in [1.29, 1.82) is 0 Å². The van der Waals surface area contributed by atoms with Gasteiger partial charge in [-0.1, -0.05) is 40.9 Å². The second kappa shape index (κ2) is 10.2. The molecule has 1 aromatic carbocycles. The van der Waals surface area contributed by atoms with Crippen LogP contribution < -0.4 is 16.0 Å². The van der Waals surface area contributed by atoms with E-state index in [4.69, 9.17) is 45.3 Å². The number of nitrogens with zero attached hydrogens (tertiary/aromatic N) is 4. The first-order valence-electron chi connectivity index (χ1n) is 10.9. The van der Waals surface area contributed by atoms with E-state index in [1.165, 1.54) is 0 Å². The molecule has 3 heterocycles. The summed E-state index contributed by atoms with van der Waals surface area (Å²) in [7, 11) is 0. The third kappa shape index (κ3) is 5.46. The highest BCUT2D eigenvalue weighted by molar-refractivity contribution is 6.35. The number of hydrogen-bond acceptors (Lipinski definition) is 7. The van der Waals surface area contributed by atoms with Gasteiger partial charge >= 0.3 is 0 Å². The zero-order valence-corrected chi connectivity index (χ0v) is 20.6. The van der Waals surface area contributed by atoms with Gasteiger partial charge in [0.05, 0.1) is 17.8 Å². The number of amides is 1. The van der Waals surface area contributed by atoms with Gasteiger partial charge in [0.15, 0.2) is 5.82 Å². The summed E-state index contributed by atoms with van der Waals surface area (Å²) >= 11 is 18.7. The second-order valence-corrected chi connectivity index (χ2v) is 9.70. The third-order valence-corrected chi connectivity index (χ3v) is 7.01. The number of nitrogens with one attached hydrogen (secondary N) is 1. The molecule has 33 heavy (non-hydrogen) atoms. The molecule has 2 aromatic rings. The molecule has 3 N–H and O–H groups in total. The number of nitrogens with two attached hydrogens (primary N) is 1. The number of halogens is 3. The summed E-state index contributed by atoms with van der Waals surface area (Å²) in [5.74, 6) is 1.07. The van der Waals surface area contributed by atoms with E-state index in [0.717, 1.165) is 5.56 Å². The molecule has 4 rings (SSSR count). The maximum Gasteiger partial charge on any atom is 0.242 e. The predicted octanol–water partition coefficient (Wildman–Crippen LogP) is 3.77. The average Bonchev–Trinajstić information content (AvgIpc) is 2.80. The minimum Gasteiger partial charge on any atom is -0.381 e. The van der Waals surface area contributed by atoms with E-state index in [1.807, 2.05) is 22.8 Å². The van der Waals surface area contributed by atoms with Gasteiger partial charge in [-0.2, -0.15) is 4.98 Å². The summed E-state index contributed by atoms with van der Waals surface area (Å²) in [6, 6.07) is 5.22. The monoisotopic (exact) mass is 512 g/mol. The molecule has 1 aromatic heterocycles. The molecule has 2 fully saturated rings. The fourth-order valence-electron chi connectivity index (χ4n) is 4.12. The summed E-state index contributed by atoms with van der Waals surface area (Å²) in [6.07, 6.45) is 2.69. The van der Waals surface area contributed by atoms with Crippen molar-refractivity contribution in [3.8, 4) is 0 Å². The summed E-state index contributed by atoms with van der Waals surface area (Å²) in [5, 5.41) is 4.87. The molecule has 0 radical (unpaired) electrons. The largest absolute Gasteiger partial charge is 0.381 e. The number of carbonyl (C=O) groups excluding carboxylic acids is 1. The Bertz CT molecular complexity index is 1010. The highest BCUT2D eigenvalue weighted by Crippen LogP contribution is 2.31. The first kappa shape index (κ1) is 24.3. The first-order chi connectivity index (χ1) is 15.8. The SMILES string of the molecule is C[C@@H](Nc1nc(N2CCN(C(=O)C3(N)CCOCC3)CC2)ncc1Cl)c1ccc(Cl)cc1Cl. The summed E-state index contributed by atoms with van der Waals surface area (Å²) < 4.78 is 5.36. The van der Waals surface area contributed by atoms with Gasteiger partial charge in [0.25, 0.3) is 0 Å². The molecule has 0 unspecified atom stereocenters. The van der Waals surface area contributed by atoms with Crippen LogP contribution in [0, 0.1) is 0 Å². The molecule has 2 aliphatic rings. The van der Waals surface area contributed by atoms with Crippen molar-refractivity contribution < 1.29 is 9.53 Å². The Morgan fingerprint density at radius 3 is 2.52 bits per heavy atom. The maximum absolute atomic E-state index is 13.0. The van der Waals surface area contributed by atoms with Gasteiger partial charge in [-0.15, -0.1) is 0 Å². The minimum atomic E-state index is -0.826. The van der Waals surface area contributed by atoms with Crippen molar-refractivity contribution >= 4 is 52.5 Å². The maximum atomic E-state index is 13.0. The van der Waals surface area contributed by atoms with Crippen molar-refractivity contribution in [1.82, 2.24) is 14.9 Å². The number of carbonyl (C=O) groups is 1. The summed E-state index contributed by atoms with van der Waals surface area (Å²) in [5.41, 5.74) is 6.44. The lowest BCUT2D eigenvalue weighted by molar-refractivity contribution is -0.140. The highest BCUT2D eigenvalue weighted by atomic mass is 35.5. The van der Waals surface area contributed by atoms with Crippen LogP contribution in [0.4, 0.5) is 11.8 Å². The Hall–Kier alpha value is -1.84. The Labute approximate surface area is 208 Å². The van der Waals surface area contributed by atoms with Crippen molar-refractivity contribution in [2.75, 3.05) is 49.6 Å². The van der Waals surface area contributed by atoms with E-state index >= 15 is 0 Å². The van der Waals surface area contributed by atoms with E-state index < -0.39 is 5.54 Å². The molecule has 0 bridgehead atoms. The summed E-state index contributed by atoms with van der Waals surface area (Å²) in [4.78, 5) is 25.9. The van der Waals surface area contributed by atoms with Gasteiger partial charge in [-0.25, -0.2) is 4.98 Å². The fraction of sp³-hybridized carbons (Fsp3) is 0.500. The number of ether oxygens (including phenoxy) is 1. The molecule has 1 amide bonds. The molecule has 0 saturated carbocycles. The second-order valence-electron chi connectivity index (χ2n) is 8.45. The zero-order valence-electron chi connectivity index (χ0n) is 18.4. The van der Waals surface area contributed by atoms with Crippen LogP contribution in [0.25, 0.3) is 0 Å². The predicted molar refractivity (Wildman–Crippen MR) is 131 cm³/mol. The van der Waals surface area contributed by atoms with Crippen LogP contribution in [-0.2, 0) is 9.53 Å². The van der Waals surface area contributed by atoms with E-state index in [0.29, 0.717) is 79.1 Å². The molecule has 2 saturated heterocycles. The van der Waals surface area contributed by atoms with Gasteiger partial charge in [0.1, 0.15) is 5.02 Å². The number of aromatic nitrogens is 2. The lowest BCUT2D eigenvalue weighted by Crippen LogP contribution is -2.61. The van der Waals surface area contributed by atoms with E-state index in [1.54, 1.807) is 18.3 Å². The standard InChI is InChI=1S/C22H27Cl3N6O2/c1-14(16-3-2-15(23)12-17(16)24)28-19-18(25)13-27-21(29-19)31-8-6-30(7-9-31)20(32)22(26)4-10-33-11-5-22/h2-3,12-14H,4-11,26H2,1H3,(H,27,28,29)/t14-/m1/s1. The molecular formula is C22H27Cl3N6O2. The Balaban J connectivity index is 1.41. The van der Waals surface area contributed by atoms with Gasteiger partial charge in [0.2, 0.25) is 11.9 Å². The van der Waals surface area contributed by atoms with Crippen LogP contribution >= 0.6 is 34.8 Å². The van der Waals surface area contributed by atoms with Crippen molar-refractivity contribution in [2.45, 2.75) is 31.3 Å². The molecule has 8 nitrogen and oxygen atoms in total. The van der Waals surface area contributed by atoms with Crippen molar-refractivity contribution in [3.05, 3.63) is 45.0 Å². The Kier molecular flexibility index (Phi) is 7.50. The lowest BCUT2D eigenvalue weighted by atomic mass is 9.89. The van der Waals surface area contributed by atoms with Gasteiger partial charge in [-0.05, 0) is 37.5 Å². The number of anilines is 2. The van der Waals surface area contributed by atoms with Crippen LogP contribution in [-0.4, -0.2) is 65.7 Å².